The minimum Gasteiger partial charge on any atom is -0.497 e. The molecule has 2 atom stereocenters. The van der Waals surface area contributed by atoms with Gasteiger partial charge < -0.3 is 9.64 Å². The Morgan fingerprint density at radius 3 is 2.71 bits per heavy atom. The number of benzene rings is 2. The monoisotopic (exact) mass is 325 g/mol. The van der Waals surface area contributed by atoms with Gasteiger partial charge in [-0.3, -0.25) is 4.79 Å². The molecule has 2 aromatic rings. The van der Waals surface area contributed by atoms with E-state index in [1.54, 1.807) is 12.0 Å². The lowest BCUT2D eigenvalue weighted by Crippen LogP contribution is -2.43. The number of amides is 1. The first kappa shape index (κ1) is 16.5. The van der Waals surface area contributed by atoms with Crippen LogP contribution in [0.2, 0.25) is 0 Å². The van der Waals surface area contributed by atoms with Gasteiger partial charge in [0.15, 0.2) is 0 Å². The van der Waals surface area contributed by atoms with Crippen LogP contribution in [-0.4, -0.2) is 31.0 Å². The fourth-order valence-corrected chi connectivity index (χ4v) is 3.00. The molecule has 1 heterocycles. The van der Waals surface area contributed by atoms with Gasteiger partial charge in [0, 0.05) is 19.6 Å². The molecule has 2 N–H and O–H groups in total. The summed E-state index contributed by atoms with van der Waals surface area (Å²) < 4.78 is 5.27. The van der Waals surface area contributed by atoms with Gasteiger partial charge in [-0.1, -0.05) is 42.5 Å². The second kappa shape index (κ2) is 7.47. The second-order valence-corrected chi connectivity index (χ2v) is 6.09. The van der Waals surface area contributed by atoms with E-state index in [0.717, 1.165) is 16.9 Å². The predicted molar refractivity (Wildman–Crippen MR) is 93.3 cm³/mol. The maximum absolute atomic E-state index is 12.6. The van der Waals surface area contributed by atoms with E-state index in [0.29, 0.717) is 13.0 Å². The highest BCUT2D eigenvalue weighted by molar-refractivity contribution is 5.82. The van der Waals surface area contributed by atoms with Crippen molar-refractivity contribution in [1.82, 2.24) is 15.8 Å². The Morgan fingerprint density at radius 2 is 1.96 bits per heavy atom. The third-order valence-corrected chi connectivity index (χ3v) is 4.34. The molecule has 0 aliphatic carbocycles. The fourth-order valence-electron chi connectivity index (χ4n) is 3.00. The van der Waals surface area contributed by atoms with Gasteiger partial charge in [-0.25, -0.2) is 10.9 Å². The molecule has 5 heteroatoms. The number of nitrogens with zero attached hydrogens (tertiary/aromatic N) is 1. The zero-order valence-electron chi connectivity index (χ0n) is 14.0. The molecule has 0 saturated carbocycles. The quantitative estimate of drug-likeness (QED) is 0.885. The molecule has 1 fully saturated rings. The maximum atomic E-state index is 12.6. The first-order valence-corrected chi connectivity index (χ1v) is 8.11. The molecular weight excluding hydrogens is 302 g/mol. The van der Waals surface area contributed by atoms with Crippen LogP contribution in [0.25, 0.3) is 0 Å². The molecule has 126 valence electrons. The molecule has 1 aliphatic rings. The van der Waals surface area contributed by atoms with Crippen molar-refractivity contribution in [1.29, 1.82) is 0 Å². The Bertz CT molecular complexity index is 690. The van der Waals surface area contributed by atoms with Crippen LogP contribution < -0.4 is 15.6 Å². The summed E-state index contributed by atoms with van der Waals surface area (Å²) in [7, 11) is 3.50. The van der Waals surface area contributed by atoms with Gasteiger partial charge in [-0.15, -0.1) is 0 Å². The van der Waals surface area contributed by atoms with Gasteiger partial charge >= 0.3 is 0 Å². The van der Waals surface area contributed by atoms with E-state index in [9.17, 15) is 4.79 Å². The zero-order valence-corrected chi connectivity index (χ0v) is 14.0. The number of ether oxygens (including phenoxy) is 1. The van der Waals surface area contributed by atoms with E-state index >= 15 is 0 Å². The average Bonchev–Trinajstić information content (AvgIpc) is 3.12. The number of hydrogen-bond acceptors (Lipinski definition) is 4. The molecule has 0 spiro atoms. The normalized spacial score (nSPS) is 19.9. The SMILES string of the molecule is COc1cccc(C2CC(C(=O)N(C)Cc3ccccc3)NN2)c1. The molecule has 24 heavy (non-hydrogen) atoms. The van der Waals surface area contributed by atoms with Crippen molar-refractivity contribution in [3.8, 4) is 5.75 Å². The molecule has 0 bridgehead atoms. The highest BCUT2D eigenvalue weighted by Gasteiger charge is 2.31. The summed E-state index contributed by atoms with van der Waals surface area (Å²) in [5.74, 6) is 0.919. The van der Waals surface area contributed by atoms with Gasteiger partial charge in [0.25, 0.3) is 0 Å². The summed E-state index contributed by atoms with van der Waals surface area (Å²) in [5, 5.41) is 0. The number of carbonyl (C=O) groups excluding carboxylic acids is 1. The molecule has 1 aliphatic heterocycles. The van der Waals surface area contributed by atoms with Crippen molar-refractivity contribution in [3.63, 3.8) is 0 Å². The van der Waals surface area contributed by atoms with E-state index < -0.39 is 0 Å². The van der Waals surface area contributed by atoms with Crippen molar-refractivity contribution >= 4 is 5.91 Å². The predicted octanol–water partition coefficient (Wildman–Crippen LogP) is 2.26. The van der Waals surface area contributed by atoms with Crippen molar-refractivity contribution in [3.05, 3.63) is 65.7 Å². The highest BCUT2D eigenvalue weighted by Crippen LogP contribution is 2.26. The second-order valence-electron chi connectivity index (χ2n) is 6.09. The minimum atomic E-state index is -0.227. The van der Waals surface area contributed by atoms with Crippen LogP contribution in [0.15, 0.2) is 54.6 Å². The van der Waals surface area contributed by atoms with Gasteiger partial charge in [0.2, 0.25) is 5.91 Å². The largest absolute Gasteiger partial charge is 0.497 e. The summed E-state index contributed by atoms with van der Waals surface area (Å²) in [6, 6.07) is 17.8. The molecule has 2 unspecified atom stereocenters. The lowest BCUT2D eigenvalue weighted by Gasteiger charge is -2.21. The Labute approximate surface area is 142 Å². The minimum absolute atomic E-state index is 0.0942. The summed E-state index contributed by atoms with van der Waals surface area (Å²) in [6.45, 7) is 0.613. The summed E-state index contributed by atoms with van der Waals surface area (Å²) in [6.07, 6.45) is 0.713. The molecule has 2 aromatic carbocycles. The lowest BCUT2D eigenvalue weighted by molar-refractivity contribution is -0.132. The van der Waals surface area contributed by atoms with Crippen LogP contribution in [0.3, 0.4) is 0 Å². The zero-order chi connectivity index (χ0) is 16.9. The third kappa shape index (κ3) is 3.75. The molecule has 3 rings (SSSR count). The van der Waals surface area contributed by atoms with Crippen molar-refractivity contribution in [2.75, 3.05) is 14.2 Å². The van der Waals surface area contributed by atoms with E-state index in [1.807, 2.05) is 61.6 Å². The maximum Gasteiger partial charge on any atom is 0.241 e. The number of carbonyl (C=O) groups is 1. The highest BCUT2D eigenvalue weighted by atomic mass is 16.5. The van der Waals surface area contributed by atoms with Crippen LogP contribution in [0, 0.1) is 0 Å². The van der Waals surface area contributed by atoms with E-state index in [2.05, 4.69) is 10.9 Å². The van der Waals surface area contributed by atoms with E-state index in [-0.39, 0.29) is 18.0 Å². The number of nitrogens with one attached hydrogen (secondary N) is 2. The number of likely N-dealkylation sites (N-methyl/N-ethyl adjacent to an activating group) is 1. The van der Waals surface area contributed by atoms with E-state index in [1.165, 1.54) is 0 Å². The Morgan fingerprint density at radius 1 is 1.17 bits per heavy atom. The molecule has 0 radical (unpaired) electrons. The summed E-state index contributed by atoms with van der Waals surface area (Å²) in [5.41, 5.74) is 8.59. The average molecular weight is 325 g/mol. The number of rotatable bonds is 5. The van der Waals surface area contributed by atoms with Crippen LogP contribution in [0.5, 0.6) is 5.75 Å². The topological polar surface area (TPSA) is 53.6 Å². The van der Waals surface area contributed by atoms with Crippen LogP contribution >= 0.6 is 0 Å². The van der Waals surface area contributed by atoms with Gasteiger partial charge in [-0.05, 0) is 29.7 Å². The molecule has 5 nitrogen and oxygen atoms in total. The van der Waals surface area contributed by atoms with Gasteiger partial charge in [-0.2, -0.15) is 0 Å². The van der Waals surface area contributed by atoms with Crippen molar-refractivity contribution < 1.29 is 9.53 Å². The number of methoxy groups -OCH3 is 1. The van der Waals surface area contributed by atoms with Gasteiger partial charge in [0.1, 0.15) is 11.8 Å². The molecule has 1 amide bonds. The lowest BCUT2D eigenvalue weighted by atomic mass is 10.0. The number of hydrazine groups is 1. The summed E-state index contributed by atoms with van der Waals surface area (Å²) >= 11 is 0. The first-order chi connectivity index (χ1) is 11.7. The molecular formula is C19H23N3O2. The molecule has 0 aromatic heterocycles. The number of hydrogen-bond donors (Lipinski definition) is 2. The van der Waals surface area contributed by atoms with Crippen LogP contribution in [-0.2, 0) is 11.3 Å². The standard InChI is InChI=1S/C19H23N3O2/c1-22(13-14-7-4-3-5-8-14)19(23)18-12-17(20-21-18)15-9-6-10-16(11-15)24-2/h3-11,17-18,20-21H,12-13H2,1-2H3. The van der Waals surface area contributed by atoms with Crippen LogP contribution in [0.4, 0.5) is 0 Å². The Hall–Kier alpha value is -2.37. The smallest absolute Gasteiger partial charge is 0.241 e. The summed E-state index contributed by atoms with van der Waals surface area (Å²) in [4.78, 5) is 14.4. The Kier molecular flexibility index (Phi) is 5.13. The van der Waals surface area contributed by atoms with Crippen molar-refractivity contribution in [2.45, 2.75) is 25.0 Å². The molecule has 1 saturated heterocycles. The van der Waals surface area contributed by atoms with Crippen LogP contribution in [0.1, 0.15) is 23.6 Å². The Balaban J connectivity index is 1.61. The fraction of sp³-hybridized carbons (Fsp3) is 0.316. The van der Waals surface area contributed by atoms with Gasteiger partial charge in [0.05, 0.1) is 7.11 Å². The van der Waals surface area contributed by atoms with E-state index in [4.69, 9.17) is 4.74 Å². The van der Waals surface area contributed by atoms with Crippen molar-refractivity contribution in [2.24, 2.45) is 0 Å². The third-order valence-electron chi connectivity index (χ3n) is 4.34. The first-order valence-electron chi connectivity index (χ1n) is 8.11.